The average molecular weight is 288 g/mol. The smallest absolute Gasteiger partial charge is 0.113 e. The molecule has 0 radical (unpaired) electrons. The van der Waals surface area contributed by atoms with Gasteiger partial charge < -0.3 is 10.8 Å². The molecule has 0 aliphatic heterocycles. The van der Waals surface area contributed by atoms with Crippen LogP contribution in [0.3, 0.4) is 0 Å². The van der Waals surface area contributed by atoms with E-state index in [1.54, 1.807) is 4.68 Å². The van der Waals surface area contributed by atoms with Gasteiger partial charge >= 0.3 is 0 Å². The van der Waals surface area contributed by atoms with Crippen LogP contribution in [0.4, 0.5) is 0 Å². The third-order valence-corrected chi connectivity index (χ3v) is 3.51. The van der Waals surface area contributed by atoms with Crippen molar-refractivity contribution in [2.45, 2.75) is 45.2 Å². The van der Waals surface area contributed by atoms with Crippen molar-refractivity contribution >= 4 is 0 Å². The molecule has 0 spiro atoms. The highest BCUT2D eigenvalue weighted by atomic mass is 16.3. The van der Waals surface area contributed by atoms with Gasteiger partial charge in [-0.1, -0.05) is 49.2 Å². The van der Waals surface area contributed by atoms with Crippen molar-refractivity contribution in [1.29, 1.82) is 0 Å². The first-order valence-electron chi connectivity index (χ1n) is 7.58. The van der Waals surface area contributed by atoms with E-state index in [1.807, 2.05) is 6.20 Å². The molecular formula is C16H24N4O. The quantitative estimate of drug-likeness (QED) is 0.728. The Balaban J connectivity index is 1.98. The monoisotopic (exact) mass is 288 g/mol. The van der Waals surface area contributed by atoms with E-state index >= 15 is 0 Å². The molecule has 2 aromatic rings. The summed E-state index contributed by atoms with van der Waals surface area (Å²) >= 11 is 0. The van der Waals surface area contributed by atoms with Crippen molar-refractivity contribution in [3.63, 3.8) is 0 Å². The summed E-state index contributed by atoms with van der Waals surface area (Å²) < 4.78 is 1.67. The zero-order valence-electron chi connectivity index (χ0n) is 12.6. The molecule has 0 fully saturated rings. The molecule has 0 aliphatic rings. The minimum atomic E-state index is -0.305. The molecule has 1 heterocycles. The number of aryl methyl sites for hydroxylation is 1. The van der Waals surface area contributed by atoms with Crippen molar-refractivity contribution in [1.82, 2.24) is 15.0 Å². The summed E-state index contributed by atoms with van der Waals surface area (Å²) in [5, 5.41) is 17.1. The normalized spacial score (nSPS) is 12.5. The molecule has 0 saturated heterocycles. The number of unbranched alkanes of at least 4 members (excludes halogenated alkanes) is 2. The van der Waals surface area contributed by atoms with Gasteiger partial charge in [0, 0.05) is 11.6 Å². The van der Waals surface area contributed by atoms with Crippen LogP contribution in [0.15, 0.2) is 30.5 Å². The van der Waals surface area contributed by atoms with Crippen LogP contribution >= 0.6 is 0 Å². The number of hydrogen-bond acceptors (Lipinski definition) is 4. The Bertz CT molecular complexity index is 535. The number of nitrogens with zero attached hydrogens (tertiary/aromatic N) is 3. The Morgan fingerprint density at radius 1 is 1.24 bits per heavy atom. The van der Waals surface area contributed by atoms with E-state index in [0.29, 0.717) is 6.54 Å². The number of aliphatic hydroxyl groups excluding tert-OH is 1. The van der Waals surface area contributed by atoms with Crippen LogP contribution in [-0.2, 0) is 13.0 Å². The Kier molecular flexibility index (Phi) is 5.90. The van der Waals surface area contributed by atoms with E-state index in [2.05, 4.69) is 41.5 Å². The lowest BCUT2D eigenvalue weighted by Gasteiger charge is -2.06. The lowest BCUT2D eigenvalue weighted by Crippen LogP contribution is -2.30. The van der Waals surface area contributed by atoms with Gasteiger partial charge in [-0.05, 0) is 18.4 Å². The first-order valence-corrected chi connectivity index (χ1v) is 7.58. The molecule has 5 nitrogen and oxygen atoms in total. The second-order valence-corrected chi connectivity index (χ2v) is 5.42. The van der Waals surface area contributed by atoms with Gasteiger partial charge in [-0.25, -0.2) is 0 Å². The summed E-state index contributed by atoms with van der Waals surface area (Å²) in [5.74, 6) is 0. The van der Waals surface area contributed by atoms with Crippen molar-refractivity contribution in [3.05, 3.63) is 36.0 Å². The third kappa shape index (κ3) is 4.65. The van der Waals surface area contributed by atoms with Gasteiger partial charge in [0.15, 0.2) is 0 Å². The molecular weight excluding hydrogens is 264 g/mol. The molecule has 1 aromatic heterocycles. The van der Waals surface area contributed by atoms with Crippen molar-refractivity contribution in [2.24, 2.45) is 5.73 Å². The van der Waals surface area contributed by atoms with Gasteiger partial charge in [-0.15, -0.1) is 5.10 Å². The van der Waals surface area contributed by atoms with Gasteiger partial charge in [-0.2, -0.15) is 0 Å². The summed E-state index contributed by atoms with van der Waals surface area (Å²) in [4.78, 5) is 0. The first-order chi connectivity index (χ1) is 10.2. The molecule has 0 unspecified atom stereocenters. The lowest BCUT2D eigenvalue weighted by molar-refractivity contribution is 0.250. The molecule has 3 N–H and O–H groups in total. The van der Waals surface area contributed by atoms with E-state index in [0.717, 1.165) is 17.7 Å². The molecule has 114 valence electrons. The van der Waals surface area contributed by atoms with Crippen LogP contribution in [0, 0.1) is 0 Å². The molecule has 5 heteroatoms. The van der Waals surface area contributed by atoms with Crippen molar-refractivity contribution < 1.29 is 5.11 Å². The third-order valence-electron chi connectivity index (χ3n) is 3.51. The van der Waals surface area contributed by atoms with E-state index < -0.39 is 0 Å². The fourth-order valence-corrected chi connectivity index (χ4v) is 2.24. The lowest BCUT2D eigenvalue weighted by atomic mass is 10.0. The summed E-state index contributed by atoms with van der Waals surface area (Å²) in [6.45, 7) is 2.63. The molecule has 21 heavy (non-hydrogen) atoms. The van der Waals surface area contributed by atoms with Crippen LogP contribution in [0.5, 0.6) is 0 Å². The Morgan fingerprint density at radius 2 is 2.00 bits per heavy atom. The zero-order chi connectivity index (χ0) is 15.1. The summed E-state index contributed by atoms with van der Waals surface area (Å²) in [6.07, 6.45) is 6.76. The minimum Gasteiger partial charge on any atom is -0.395 e. The van der Waals surface area contributed by atoms with Crippen LogP contribution < -0.4 is 5.73 Å². The largest absolute Gasteiger partial charge is 0.395 e. The van der Waals surface area contributed by atoms with Crippen LogP contribution in [-0.4, -0.2) is 32.7 Å². The van der Waals surface area contributed by atoms with Gasteiger partial charge in [0.05, 0.1) is 19.3 Å². The predicted molar refractivity (Wildman–Crippen MR) is 83.7 cm³/mol. The fourth-order valence-electron chi connectivity index (χ4n) is 2.24. The standard InChI is InChI=1S/C16H24N4O/c1-2-3-4-5-13-6-8-14(9-7-13)16-11-20(19-18-16)10-15(17)12-21/h6-9,11,15,21H,2-5,10,12,17H2,1H3/t15-/m0/s1. The van der Waals surface area contributed by atoms with Crippen molar-refractivity contribution in [2.75, 3.05) is 6.61 Å². The van der Waals surface area contributed by atoms with Crippen molar-refractivity contribution in [3.8, 4) is 11.3 Å². The maximum atomic E-state index is 8.95. The molecule has 1 atom stereocenters. The number of aliphatic hydroxyl groups is 1. The van der Waals surface area contributed by atoms with Gasteiger partial charge in [-0.3, -0.25) is 4.68 Å². The van der Waals surface area contributed by atoms with Gasteiger partial charge in [0.25, 0.3) is 0 Å². The Hall–Kier alpha value is -1.72. The Labute approximate surface area is 125 Å². The number of aromatic nitrogens is 3. The maximum absolute atomic E-state index is 8.95. The van der Waals surface area contributed by atoms with Crippen LogP contribution in [0.2, 0.25) is 0 Å². The Morgan fingerprint density at radius 3 is 2.67 bits per heavy atom. The average Bonchev–Trinajstić information content (AvgIpc) is 2.96. The van der Waals surface area contributed by atoms with E-state index in [-0.39, 0.29) is 12.6 Å². The molecule has 0 aliphatic carbocycles. The van der Waals surface area contributed by atoms with Crippen LogP contribution in [0.1, 0.15) is 31.7 Å². The van der Waals surface area contributed by atoms with E-state index in [4.69, 9.17) is 10.8 Å². The SMILES string of the molecule is CCCCCc1ccc(-c2cn(C[C@H](N)CO)nn2)cc1. The second kappa shape index (κ2) is 7.90. The second-order valence-electron chi connectivity index (χ2n) is 5.42. The number of hydrogen-bond donors (Lipinski definition) is 2. The fraction of sp³-hybridized carbons (Fsp3) is 0.500. The number of rotatable bonds is 8. The summed E-state index contributed by atoms with van der Waals surface area (Å²) in [5.41, 5.74) is 8.94. The molecule has 1 aromatic carbocycles. The molecule has 0 amide bonds. The summed E-state index contributed by atoms with van der Waals surface area (Å²) in [6, 6.07) is 8.18. The molecule has 2 rings (SSSR count). The van der Waals surface area contributed by atoms with Gasteiger partial charge in [0.2, 0.25) is 0 Å². The number of benzene rings is 1. The maximum Gasteiger partial charge on any atom is 0.113 e. The van der Waals surface area contributed by atoms with E-state index in [1.165, 1.54) is 24.8 Å². The highest BCUT2D eigenvalue weighted by Gasteiger charge is 2.07. The summed E-state index contributed by atoms with van der Waals surface area (Å²) in [7, 11) is 0. The topological polar surface area (TPSA) is 77.0 Å². The molecule has 0 saturated carbocycles. The zero-order valence-corrected chi connectivity index (χ0v) is 12.6. The first kappa shape index (κ1) is 15.7. The van der Waals surface area contributed by atoms with Crippen LogP contribution in [0.25, 0.3) is 11.3 Å². The predicted octanol–water partition coefficient (Wildman–Crippen LogP) is 2.00. The highest BCUT2D eigenvalue weighted by molar-refractivity contribution is 5.57. The van der Waals surface area contributed by atoms with Gasteiger partial charge in [0.1, 0.15) is 5.69 Å². The highest BCUT2D eigenvalue weighted by Crippen LogP contribution is 2.18. The van der Waals surface area contributed by atoms with E-state index in [9.17, 15) is 0 Å². The number of nitrogens with two attached hydrogens (primary N) is 1. The minimum absolute atomic E-state index is 0.0539. The molecule has 0 bridgehead atoms.